The highest BCUT2D eigenvalue weighted by molar-refractivity contribution is 6.30. The van der Waals surface area contributed by atoms with Crippen molar-refractivity contribution in [2.45, 2.75) is 6.92 Å². The Bertz CT molecular complexity index is 505. The summed E-state index contributed by atoms with van der Waals surface area (Å²) >= 11 is 5.83. The largest absolute Gasteiger partial charge is 0.460 e. The van der Waals surface area contributed by atoms with Crippen LogP contribution >= 0.6 is 11.6 Å². The van der Waals surface area contributed by atoms with Gasteiger partial charge in [0.1, 0.15) is 11.5 Å². The van der Waals surface area contributed by atoms with E-state index >= 15 is 0 Å². The molecule has 0 fully saturated rings. The Morgan fingerprint density at radius 1 is 1.31 bits per heavy atom. The molecule has 1 aromatic carbocycles. The van der Waals surface area contributed by atoms with E-state index in [2.05, 4.69) is 10.5 Å². The molecule has 0 aliphatic rings. The fraction of sp³-hybridized carbons (Fsp3) is 0.0833. The van der Waals surface area contributed by atoms with Gasteiger partial charge in [0, 0.05) is 5.02 Å². The molecule has 0 amide bonds. The van der Waals surface area contributed by atoms with Crippen LogP contribution in [0.2, 0.25) is 5.02 Å². The standard InChI is InChI=1S/C12H11ClN2O/c1-9-5-6-12(16-9)8-14-15-11-4-2-3-10(13)7-11/h2-8,15H,1H3/b14-8+. The number of rotatable bonds is 3. The number of furan rings is 1. The maximum absolute atomic E-state index is 5.83. The Kier molecular flexibility index (Phi) is 3.27. The van der Waals surface area contributed by atoms with Crippen molar-refractivity contribution >= 4 is 23.5 Å². The summed E-state index contributed by atoms with van der Waals surface area (Å²) in [5.41, 5.74) is 3.71. The lowest BCUT2D eigenvalue weighted by atomic mass is 10.3. The summed E-state index contributed by atoms with van der Waals surface area (Å²) < 4.78 is 5.33. The molecule has 0 aliphatic carbocycles. The molecular formula is C12H11ClN2O. The third kappa shape index (κ3) is 2.87. The molecule has 1 heterocycles. The van der Waals surface area contributed by atoms with Gasteiger partial charge in [0.05, 0.1) is 11.9 Å². The molecule has 4 heteroatoms. The SMILES string of the molecule is Cc1ccc(/C=N/Nc2cccc(Cl)c2)o1. The maximum atomic E-state index is 5.83. The predicted molar refractivity (Wildman–Crippen MR) is 66.1 cm³/mol. The average molecular weight is 235 g/mol. The van der Waals surface area contributed by atoms with E-state index < -0.39 is 0 Å². The van der Waals surface area contributed by atoms with Crippen LogP contribution in [0, 0.1) is 6.92 Å². The van der Waals surface area contributed by atoms with Crippen LogP contribution in [-0.4, -0.2) is 6.21 Å². The molecule has 82 valence electrons. The molecule has 2 aromatic rings. The van der Waals surface area contributed by atoms with Crippen molar-refractivity contribution in [1.82, 2.24) is 0 Å². The van der Waals surface area contributed by atoms with Gasteiger partial charge in [-0.15, -0.1) is 0 Å². The molecule has 0 bridgehead atoms. The van der Waals surface area contributed by atoms with Crippen LogP contribution in [0.15, 0.2) is 45.9 Å². The van der Waals surface area contributed by atoms with E-state index in [4.69, 9.17) is 16.0 Å². The zero-order valence-corrected chi connectivity index (χ0v) is 9.53. The van der Waals surface area contributed by atoms with Crippen molar-refractivity contribution in [2.24, 2.45) is 5.10 Å². The van der Waals surface area contributed by atoms with Crippen LogP contribution in [0.4, 0.5) is 5.69 Å². The lowest BCUT2D eigenvalue weighted by molar-refractivity contribution is 0.528. The fourth-order valence-electron chi connectivity index (χ4n) is 1.25. The Balaban J connectivity index is 1.99. The minimum Gasteiger partial charge on any atom is -0.460 e. The quantitative estimate of drug-likeness (QED) is 0.650. The van der Waals surface area contributed by atoms with Gasteiger partial charge in [0.25, 0.3) is 0 Å². The zero-order valence-electron chi connectivity index (χ0n) is 8.77. The average Bonchev–Trinajstić information content (AvgIpc) is 2.64. The van der Waals surface area contributed by atoms with Gasteiger partial charge in [-0.3, -0.25) is 5.43 Å². The van der Waals surface area contributed by atoms with Gasteiger partial charge in [-0.05, 0) is 37.3 Å². The summed E-state index contributed by atoms with van der Waals surface area (Å²) in [6.45, 7) is 1.89. The molecule has 1 N–H and O–H groups in total. The second kappa shape index (κ2) is 4.86. The molecule has 0 atom stereocenters. The van der Waals surface area contributed by atoms with Gasteiger partial charge in [0.15, 0.2) is 0 Å². The molecule has 16 heavy (non-hydrogen) atoms. The number of halogens is 1. The Morgan fingerprint density at radius 3 is 2.88 bits per heavy atom. The van der Waals surface area contributed by atoms with Crippen molar-refractivity contribution in [1.29, 1.82) is 0 Å². The molecule has 0 unspecified atom stereocenters. The van der Waals surface area contributed by atoms with Crippen molar-refractivity contribution < 1.29 is 4.42 Å². The number of anilines is 1. The summed E-state index contributed by atoms with van der Waals surface area (Å²) in [7, 11) is 0. The number of benzene rings is 1. The number of aryl methyl sites for hydroxylation is 1. The van der Waals surface area contributed by atoms with E-state index in [-0.39, 0.29) is 0 Å². The molecular weight excluding hydrogens is 224 g/mol. The number of hydrogen-bond acceptors (Lipinski definition) is 3. The fourth-order valence-corrected chi connectivity index (χ4v) is 1.44. The molecule has 0 saturated carbocycles. The molecule has 1 aromatic heterocycles. The van der Waals surface area contributed by atoms with Crippen LogP contribution in [0.25, 0.3) is 0 Å². The van der Waals surface area contributed by atoms with Gasteiger partial charge in [-0.25, -0.2) is 0 Å². The van der Waals surface area contributed by atoms with E-state index in [9.17, 15) is 0 Å². The van der Waals surface area contributed by atoms with Crippen molar-refractivity contribution in [3.05, 3.63) is 52.9 Å². The van der Waals surface area contributed by atoms with E-state index in [0.29, 0.717) is 10.8 Å². The first-order chi connectivity index (χ1) is 7.74. The highest BCUT2D eigenvalue weighted by Crippen LogP contribution is 2.14. The molecule has 0 spiro atoms. The first kappa shape index (κ1) is 10.8. The lowest BCUT2D eigenvalue weighted by Crippen LogP contribution is -1.89. The number of nitrogens with one attached hydrogen (secondary N) is 1. The molecule has 3 nitrogen and oxygen atoms in total. The normalized spacial score (nSPS) is 10.9. The summed E-state index contributed by atoms with van der Waals surface area (Å²) in [5, 5.41) is 4.71. The van der Waals surface area contributed by atoms with E-state index in [1.807, 2.05) is 37.3 Å². The summed E-state index contributed by atoms with van der Waals surface area (Å²) in [4.78, 5) is 0. The molecule has 2 rings (SSSR count). The van der Waals surface area contributed by atoms with Crippen molar-refractivity contribution in [3.8, 4) is 0 Å². The van der Waals surface area contributed by atoms with Crippen LogP contribution < -0.4 is 5.43 Å². The monoisotopic (exact) mass is 234 g/mol. The topological polar surface area (TPSA) is 37.5 Å². The maximum Gasteiger partial charge on any atom is 0.147 e. The van der Waals surface area contributed by atoms with Crippen LogP contribution in [-0.2, 0) is 0 Å². The van der Waals surface area contributed by atoms with Crippen LogP contribution in [0.5, 0.6) is 0 Å². The highest BCUT2D eigenvalue weighted by Gasteiger charge is 1.94. The summed E-state index contributed by atoms with van der Waals surface area (Å²) in [6, 6.07) is 11.1. The zero-order chi connectivity index (χ0) is 11.4. The number of nitrogens with zero attached hydrogens (tertiary/aromatic N) is 1. The van der Waals surface area contributed by atoms with Gasteiger partial charge >= 0.3 is 0 Å². The number of hydrogen-bond donors (Lipinski definition) is 1. The third-order valence-electron chi connectivity index (χ3n) is 1.97. The minimum absolute atomic E-state index is 0.675. The molecule has 0 aliphatic heterocycles. The Labute approximate surface area is 98.7 Å². The van der Waals surface area contributed by atoms with Crippen LogP contribution in [0.3, 0.4) is 0 Å². The Morgan fingerprint density at radius 2 is 2.19 bits per heavy atom. The Hall–Kier alpha value is -1.74. The summed E-state index contributed by atoms with van der Waals surface area (Å²) in [5.74, 6) is 1.58. The van der Waals surface area contributed by atoms with Crippen molar-refractivity contribution in [3.63, 3.8) is 0 Å². The third-order valence-corrected chi connectivity index (χ3v) is 2.21. The minimum atomic E-state index is 0.675. The van der Waals surface area contributed by atoms with Gasteiger partial charge in [-0.2, -0.15) is 5.10 Å². The number of hydrazone groups is 1. The van der Waals surface area contributed by atoms with E-state index in [0.717, 1.165) is 11.4 Å². The van der Waals surface area contributed by atoms with Crippen LogP contribution in [0.1, 0.15) is 11.5 Å². The van der Waals surface area contributed by atoms with E-state index in [1.165, 1.54) is 0 Å². The van der Waals surface area contributed by atoms with Gasteiger partial charge in [-0.1, -0.05) is 17.7 Å². The lowest BCUT2D eigenvalue weighted by Gasteiger charge is -1.98. The van der Waals surface area contributed by atoms with Gasteiger partial charge < -0.3 is 4.42 Å². The first-order valence-corrected chi connectivity index (χ1v) is 5.23. The highest BCUT2D eigenvalue weighted by atomic mass is 35.5. The van der Waals surface area contributed by atoms with Gasteiger partial charge in [0.2, 0.25) is 0 Å². The summed E-state index contributed by atoms with van der Waals surface area (Å²) in [6.07, 6.45) is 1.62. The predicted octanol–water partition coefficient (Wildman–Crippen LogP) is 3.69. The first-order valence-electron chi connectivity index (χ1n) is 4.85. The second-order valence-electron chi connectivity index (χ2n) is 3.33. The second-order valence-corrected chi connectivity index (χ2v) is 3.77. The van der Waals surface area contributed by atoms with Crippen molar-refractivity contribution in [2.75, 3.05) is 5.43 Å². The molecule has 0 saturated heterocycles. The molecule has 0 radical (unpaired) electrons. The smallest absolute Gasteiger partial charge is 0.147 e. The van der Waals surface area contributed by atoms with E-state index in [1.54, 1.807) is 12.3 Å².